The minimum atomic E-state index is -0.776. The number of nitrogens with one attached hydrogen (secondary N) is 1. The number of nitrogens with zero attached hydrogens (tertiary/aromatic N) is 1. The normalized spacial score (nSPS) is 31.5. The van der Waals surface area contributed by atoms with Crippen LogP contribution >= 0.6 is 23.2 Å². The number of piperazine rings is 1. The monoisotopic (exact) mass is 222 g/mol. The van der Waals surface area contributed by atoms with Gasteiger partial charge in [-0.15, -0.1) is 23.2 Å². The standard InChI is InChI=1S/C8H12Cl2N2O/c9-8(10)5-6(8)7(13)12-3-1-11-2-4-12/h6,11H,1-5H2. The molecule has 0 radical (unpaired) electrons. The van der Waals surface area contributed by atoms with Gasteiger partial charge in [-0.2, -0.15) is 0 Å². The number of halogens is 2. The van der Waals surface area contributed by atoms with Gasteiger partial charge in [0.05, 0.1) is 5.92 Å². The van der Waals surface area contributed by atoms with Crippen molar-refractivity contribution in [3.63, 3.8) is 0 Å². The molecule has 74 valence electrons. The van der Waals surface area contributed by atoms with E-state index in [9.17, 15) is 4.79 Å². The van der Waals surface area contributed by atoms with Gasteiger partial charge in [0.1, 0.15) is 4.33 Å². The maximum absolute atomic E-state index is 11.7. The number of carbonyl (C=O) groups is 1. The minimum Gasteiger partial charge on any atom is -0.340 e. The summed E-state index contributed by atoms with van der Waals surface area (Å²) in [7, 11) is 0. The van der Waals surface area contributed by atoms with Crippen molar-refractivity contribution in [2.75, 3.05) is 26.2 Å². The molecule has 2 fully saturated rings. The van der Waals surface area contributed by atoms with Crippen molar-refractivity contribution >= 4 is 29.1 Å². The zero-order chi connectivity index (χ0) is 9.47. The topological polar surface area (TPSA) is 32.3 Å². The zero-order valence-corrected chi connectivity index (χ0v) is 8.74. The summed E-state index contributed by atoms with van der Waals surface area (Å²) >= 11 is 11.6. The molecule has 0 aromatic rings. The highest BCUT2D eigenvalue weighted by atomic mass is 35.5. The second-order valence-corrected chi connectivity index (χ2v) is 5.14. The van der Waals surface area contributed by atoms with E-state index in [0.29, 0.717) is 6.42 Å². The summed E-state index contributed by atoms with van der Waals surface area (Å²) in [6.45, 7) is 3.30. The molecule has 13 heavy (non-hydrogen) atoms. The van der Waals surface area contributed by atoms with Crippen LogP contribution in [-0.4, -0.2) is 41.3 Å². The fraction of sp³-hybridized carbons (Fsp3) is 0.875. The van der Waals surface area contributed by atoms with Gasteiger partial charge >= 0.3 is 0 Å². The SMILES string of the molecule is O=C(C1CC1(Cl)Cl)N1CCNCC1. The van der Waals surface area contributed by atoms with Crippen molar-refractivity contribution in [1.82, 2.24) is 10.2 Å². The van der Waals surface area contributed by atoms with Crippen LogP contribution in [-0.2, 0) is 4.79 Å². The Labute approximate surface area is 87.4 Å². The van der Waals surface area contributed by atoms with Crippen LogP contribution in [0.15, 0.2) is 0 Å². The van der Waals surface area contributed by atoms with E-state index in [4.69, 9.17) is 23.2 Å². The first-order valence-electron chi connectivity index (χ1n) is 4.48. The van der Waals surface area contributed by atoms with Crippen LogP contribution in [0.3, 0.4) is 0 Å². The number of hydrogen-bond acceptors (Lipinski definition) is 2. The molecule has 0 aromatic carbocycles. The fourth-order valence-corrected chi connectivity index (χ4v) is 2.08. The summed E-state index contributed by atoms with van der Waals surface area (Å²) in [5, 5.41) is 3.19. The van der Waals surface area contributed by atoms with Crippen LogP contribution < -0.4 is 5.32 Å². The number of hydrogen-bond donors (Lipinski definition) is 1. The smallest absolute Gasteiger partial charge is 0.228 e. The Kier molecular flexibility index (Phi) is 2.43. The Bertz CT molecular complexity index is 226. The maximum atomic E-state index is 11.7. The van der Waals surface area contributed by atoms with Crippen molar-refractivity contribution < 1.29 is 4.79 Å². The Morgan fingerprint density at radius 2 is 1.92 bits per heavy atom. The molecule has 0 bridgehead atoms. The van der Waals surface area contributed by atoms with Crippen molar-refractivity contribution in [3.05, 3.63) is 0 Å². The lowest BCUT2D eigenvalue weighted by molar-refractivity contribution is -0.133. The van der Waals surface area contributed by atoms with Crippen LogP contribution in [0, 0.1) is 5.92 Å². The van der Waals surface area contributed by atoms with Crippen molar-refractivity contribution in [2.24, 2.45) is 5.92 Å². The lowest BCUT2D eigenvalue weighted by Crippen LogP contribution is -2.47. The third-order valence-electron chi connectivity index (χ3n) is 2.55. The fourth-order valence-electron chi connectivity index (χ4n) is 1.59. The second-order valence-electron chi connectivity index (χ2n) is 3.59. The van der Waals surface area contributed by atoms with Gasteiger partial charge in [0.15, 0.2) is 0 Å². The largest absolute Gasteiger partial charge is 0.340 e. The van der Waals surface area contributed by atoms with Crippen molar-refractivity contribution in [1.29, 1.82) is 0 Å². The van der Waals surface area contributed by atoms with Gasteiger partial charge in [-0.05, 0) is 6.42 Å². The van der Waals surface area contributed by atoms with Crippen LogP contribution in [0.5, 0.6) is 0 Å². The predicted octanol–water partition coefficient (Wildman–Crippen LogP) is 0.612. The van der Waals surface area contributed by atoms with E-state index in [1.165, 1.54) is 0 Å². The van der Waals surface area contributed by atoms with Gasteiger partial charge < -0.3 is 10.2 Å². The molecular weight excluding hydrogens is 211 g/mol. The Morgan fingerprint density at radius 3 is 2.38 bits per heavy atom. The molecule has 3 nitrogen and oxygen atoms in total. The van der Waals surface area contributed by atoms with E-state index >= 15 is 0 Å². The summed E-state index contributed by atoms with van der Waals surface area (Å²) < 4.78 is -0.776. The van der Waals surface area contributed by atoms with Crippen LogP contribution in [0.25, 0.3) is 0 Å². The summed E-state index contributed by atoms with van der Waals surface area (Å²) in [4.78, 5) is 13.5. The zero-order valence-electron chi connectivity index (χ0n) is 7.22. The van der Waals surface area contributed by atoms with Crippen LogP contribution in [0.4, 0.5) is 0 Å². The van der Waals surface area contributed by atoms with Gasteiger partial charge in [-0.25, -0.2) is 0 Å². The number of alkyl halides is 2. The van der Waals surface area contributed by atoms with E-state index in [0.717, 1.165) is 26.2 Å². The molecule has 0 spiro atoms. The highest BCUT2D eigenvalue weighted by molar-refractivity contribution is 6.52. The molecule has 1 aliphatic carbocycles. The van der Waals surface area contributed by atoms with Crippen molar-refractivity contribution in [2.45, 2.75) is 10.8 Å². The molecule has 5 heteroatoms. The minimum absolute atomic E-state index is 0.117. The first-order chi connectivity index (χ1) is 6.11. The maximum Gasteiger partial charge on any atom is 0.228 e. The van der Waals surface area contributed by atoms with E-state index < -0.39 is 4.33 Å². The molecule has 1 unspecified atom stereocenters. The van der Waals surface area contributed by atoms with E-state index in [1.807, 2.05) is 4.90 Å². The first-order valence-corrected chi connectivity index (χ1v) is 5.24. The number of carbonyl (C=O) groups excluding carboxylic acids is 1. The van der Waals surface area contributed by atoms with Crippen LogP contribution in [0.1, 0.15) is 6.42 Å². The highest BCUT2D eigenvalue weighted by Crippen LogP contribution is 2.53. The molecule has 2 rings (SSSR count). The Morgan fingerprint density at radius 1 is 1.38 bits per heavy atom. The quantitative estimate of drug-likeness (QED) is 0.660. The third-order valence-corrected chi connectivity index (χ3v) is 3.39. The number of amides is 1. The lowest BCUT2D eigenvalue weighted by atomic mass is 10.3. The summed E-state index contributed by atoms with van der Waals surface area (Å²) in [5.41, 5.74) is 0. The molecule has 1 saturated carbocycles. The van der Waals surface area contributed by atoms with Gasteiger partial charge in [-0.3, -0.25) is 4.79 Å². The molecule has 1 N–H and O–H groups in total. The van der Waals surface area contributed by atoms with Crippen LogP contribution in [0.2, 0.25) is 0 Å². The molecule has 1 aliphatic heterocycles. The van der Waals surface area contributed by atoms with Gasteiger partial charge in [-0.1, -0.05) is 0 Å². The average Bonchev–Trinajstić information content (AvgIpc) is 2.76. The summed E-state index contributed by atoms with van der Waals surface area (Å²) in [6, 6.07) is 0. The Hall–Kier alpha value is 0.01000. The lowest BCUT2D eigenvalue weighted by Gasteiger charge is -2.27. The third kappa shape index (κ3) is 1.92. The van der Waals surface area contributed by atoms with E-state index in [1.54, 1.807) is 0 Å². The second kappa shape index (κ2) is 3.30. The molecule has 2 aliphatic rings. The molecule has 1 amide bonds. The van der Waals surface area contributed by atoms with Gasteiger partial charge in [0, 0.05) is 26.2 Å². The van der Waals surface area contributed by atoms with Gasteiger partial charge in [0.25, 0.3) is 0 Å². The van der Waals surface area contributed by atoms with E-state index in [2.05, 4.69) is 5.32 Å². The number of rotatable bonds is 1. The molecule has 0 aromatic heterocycles. The van der Waals surface area contributed by atoms with Gasteiger partial charge in [0.2, 0.25) is 5.91 Å². The average molecular weight is 223 g/mol. The molecular formula is C8H12Cl2N2O. The van der Waals surface area contributed by atoms with Crippen molar-refractivity contribution in [3.8, 4) is 0 Å². The summed E-state index contributed by atoms with van der Waals surface area (Å²) in [5.74, 6) is -0.0413. The molecule has 1 atom stereocenters. The van der Waals surface area contributed by atoms with E-state index in [-0.39, 0.29) is 11.8 Å². The predicted molar refractivity (Wildman–Crippen MR) is 52.0 cm³/mol. The molecule has 1 heterocycles. The first kappa shape index (κ1) is 9.56. The molecule has 1 saturated heterocycles. The Balaban J connectivity index is 1.90. The summed E-state index contributed by atoms with van der Waals surface area (Å²) in [6.07, 6.45) is 0.610. The highest BCUT2D eigenvalue weighted by Gasteiger charge is 2.57.